The Labute approximate surface area is 248 Å². The normalized spacial score (nSPS) is 10.4. The molecule has 3 aromatic carbocycles. The van der Waals surface area contributed by atoms with Gasteiger partial charge in [-0.15, -0.1) is 24.8 Å². The molecule has 2 heterocycles. The van der Waals surface area contributed by atoms with E-state index in [1.807, 2.05) is 30.3 Å². The van der Waals surface area contributed by atoms with Crippen molar-refractivity contribution in [2.24, 2.45) is 5.73 Å². The van der Waals surface area contributed by atoms with Gasteiger partial charge in [-0.1, -0.05) is 36.4 Å². The lowest BCUT2D eigenvalue weighted by Crippen LogP contribution is -2.26. The number of nitrogens with zero attached hydrogens (tertiary/aromatic N) is 2. The molecule has 5 N–H and O–H groups in total. The van der Waals surface area contributed by atoms with Crippen molar-refractivity contribution in [3.8, 4) is 22.8 Å². The molecule has 8 nitrogen and oxygen atoms in total. The van der Waals surface area contributed by atoms with E-state index in [0.29, 0.717) is 47.0 Å². The van der Waals surface area contributed by atoms with Crippen LogP contribution in [0.4, 0.5) is 10.1 Å². The fourth-order valence-corrected chi connectivity index (χ4v) is 4.23. The first-order valence-electron chi connectivity index (χ1n) is 12.6. The van der Waals surface area contributed by atoms with Crippen LogP contribution >= 0.6 is 24.8 Å². The number of H-pyrrole nitrogens is 1. The number of benzene rings is 3. The van der Waals surface area contributed by atoms with Crippen LogP contribution in [0.1, 0.15) is 22.3 Å². The van der Waals surface area contributed by atoms with E-state index in [4.69, 9.17) is 5.73 Å². The third-order valence-electron chi connectivity index (χ3n) is 6.22. The number of hydrogen-bond donors (Lipinski definition) is 4. The number of pyridine rings is 1. The highest BCUT2D eigenvalue weighted by Crippen LogP contribution is 2.27. The van der Waals surface area contributed by atoms with Gasteiger partial charge in [-0.2, -0.15) is 0 Å². The number of anilines is 1. The second-order valence-corrected chi connectivity index (χ2v) is 9.08. The fourth-order valence-electron chi connectivity index (χ4n) is 4.23. The van der Waals surface area contributed by atoms with Gasteiger partial charge >= 0.3 is 0 Å². The number of imidazole rings is 1. The number of carbonyl (C=O) groups is 2. The standard InChI is InChI=1S/C30H27FN6O2.2ClH/c31-24-7-5-19(6-8-24)10-12-33-30(39)23-13-22(14-25(15-23)36-28(38)9-11-32)27-18-35-29(37-27)26-16-20-3-1-2-4-21(20)17-34-26;;/h1-8,13-18H,9-12,32H2,(H,33,39)(H,35,37)(H,36,38);2*1H. The second-order valence-electron chi connectivity index (χ2n) is 9.08. The van der Waals surface area contributed by atoms with Crippen LogP contribution < -0.4 is 16.4 Å². The molecule has 0 atom stereocenters. The summed E-state index contributed by atoms with van der Waals surface area (Å²) in [7, 11) is 0. The smallest absolute Gasteiger partial charge is 0.251 e. The summed E-state index contributed by atoms with van der Waals surface area (Å²) in [6, 6.07) is 21.2. The maximum Gasteiger partial charge on any atom is 0.251 e. The van der Waals surface area contributed by atoms with Gasteiger partial charge in [-0.3, -0.25) is 14.6 Å². The molecular formula is C30H29Cl2FN6O2. The number of nitrogens with two attached hydrogens (primary N) is 1. The summed E-state index contributed by atoms with van der Waals surface area (Å²) >= 11 is 0. The largest absolute Gasteiger partial charge is 0.352 e. The molecule has 0 saturated carbocycles. The van der Waals surface area contributed by atoms with Crippen molar-refractivity contribution in [1.29, 1.82) is 0 Å². The average molecular weight is 596 g/mol. The van der Waals surface area contributed by atoms with E-state index >= 15 is 0 Å². The zero-order valence-electron chi connectivity index (χ0n) is 21.9. The Morgan fingerprint density at radius 2 is 1.66 bits per heavy atom. The third kappa shape index (κ3) is 7.88. The monoisotopic (exact) mass is 594 g/mol. The minimum absolute atomic E-state index is 0. The molecule has 0 bridgehead atoms. The van der Waals surface area contributed by atoms with Gasteiger partial charge in [0.15, 0.2) is 5.82 Å². The predicted molar refractivity (Wildman–Crippen MR) is 164 cm³/mol. The Hall–Kier alpha value is -4.31. The van der Waals surface area contributed by atoms with E-state index in [1.54, 1.807) is 42.7 Å². The number of aromatic amines is 1. The highest BCUT2D eigenvalue weighted by atomic mass is 35.5. The number of hydrogen-bond acceptors (Lipinski definition) is 5. The summed E-state index contributed by atoms with van der Waals surface area (Å²) in [5.41, 5.74) is 9.29. The van der Waals surface area contributed by atoms with Crippen LogP contribution in [0.3, 0.4) is 0 Å². The average Bonchev–Trinajstić information content (AvgIpc) is 3.44. The van der Waals surface area contributed by atoms with Gasteiger partial charge in [0.25, 0.3) is 5.91 Å². The molecule has 5 aromatic rings. The summed E-state index contributed by atoms with van der Waals surface area (Å²) in [6.07, 6.45) is 4.18. The molecule has 0 unspecified atom stereocenters. The van der Waals surface area contributed by atoms with Crippen LogP contribution in [-0.4, -0.2) is 39.9 Å². The first kappa shape index (κ1) is 31.2. The Kier molecular flexibility index (Phi) is 10.9. The zero-order chi connectivity index (χ0) is 27.2. The molecule has 2 amide bonds. The highest BCUT2D eigenvalue weighted by Gasteiger charge is 2.14. The summed E-state index contributed by atoms with van der Waals surface area (Å²) < 4.78 is 13.2. The predicted octanol–water partition coefficient (Wildman–Crippen LogP) is 5.53. The number of halogens is 3. The highest BCUT2D eigenvalue weighted by molar-refractivity contribution is 5.99. The fraction of sp³-hybridized carbons (Fsp3) is 0.133. The topological polar surface area (TPSA) is 126 Å². The maximum absolute atomic E-state index is 13.2. The lowest BCUT2D eigenvalue weighted by molar-refractivity contribution is -0.116. The van der Waals surface area contributed by atoms with Crippen LogP contribution in [0.2, 0.25) is 0 Å². The molecule has 0 aliphatic rings. The Balaban J connectivity index is 0.00000231. The van der Waals surface area contributed by atoms with E-state index in [1.165, 1.54) is 12.1 Å². The zero-order valence-corrected chi connectivity index (χ0v) is 23.5. The second kappa shape index (κ2) is 14.4. The van der Waals surface area contributed by atoms with Crippen LogP contribution in [0.25, 0.3) is 33.5 Å². The van der Waals surface area contributed by atoms with Gasteiger partial charge in [0.1, 0.15) is 11.5 Å². The van der Waals surface area contributed by atoms with E-state index < -0.39 is 0 Å². The summed E-state index contributed by atoms with van der Waals surface area (Å²) in [6.45, 7) is 0.580. The van der Waals surface area contributed by atoms with Gasteiger partial charge in [0.2, 0.25) is 5.91 Å². The molecule has 11 heteroatoms. The minimum Gasteiger partial charge on any atom is -0.352 e. The van der Waals surface area contributed by atoms with Gasteiger partial charge in [-0.25, -0.2) is 9.37 Å². The number of nitrogens with one attached hydrogen (secondary N) is 3. The molecule has 0 spiro atoms. The number of carbonyl (C=O) groups excluding carboxylic acids is 2. The van der Waals surface area contributed by atoms with Gasteiger partial charge in [-0.05, 0) is 53.8 Å². The Morgan fingerprint density at radius 3 is 2.41 bits per heavy atom. The molecule has 41 heavy (non-hydrogen) atoms. The molecule has 5 rings (SSSR count). The lowest BCUT2D eigenvalue weighted by atomic mass is 10.1. The van der Waals surface area contributed by atoms with Crippen molar-refractivity contribution in [1.82, 2.24) is 20.3 Å². The SMILES string of the molecule is Cl.Cl.NCCC(=O)Nc1cc(C(=O)NCCc2ccc(F)cc2)cc(-c2cnc(-c3cc4ccccc4cn3)[nH]2)c1. The van der Waals surface area contributed by atoms with Gasteiger partial charge < -0.3 is 21.4 Å². The Morgan fingerprint density at radius 1 is 0.902 bits per heavy atom. The van der Waals surface area contributed by atoms with Crippen LogP contribution in [0.15, 0.2) is 85.2 Å². The number of amides is 2. The number of aromatic nitrogens is 3. The molecule has 0 aliphatic heterocycles. The third-order valence-corrected chi connectivity index (χ3v) is 6.22. The van der Waals surface area contributed by atoms with Crippen molar-refractivity contribution in [3.05, 3.63) is 102 Å². The van der Waals surface area contributed by atoms with Crippen LogP contribution in [0.5, 0.6) is 0 Å². The van der Waals surface area contributed by atoms with E-state index in [-0.39, 0.29) is 55.4 Å². The first-order valence-corrected chi connectivity index (χ1v) is 12.6. The minimum atomic E-state index is -0.304. The number of fused-ring (bicyclic) bond motifs is 1. The van der Waals surface area contributed by atoms with Crippen molar-refractivity contribution in [2.45, 2.75) is 12.8 Å². The van der Waals surface area contributed by atoms with E-state index in [9.17, 15) is 14.0 Å². The van der Waals surface area contributed by atoms with Crippen LogP contribution in [-0.2, 0) is 11.2 Å². The molecule has 0 fully saturated rings. The summed E-state index contributed by atoms with van der Waals surface area (Å²) in [5.74, 6) is -0.270. The maximum atomic E-state index is 13.2. The molecular weight excluding hydrogens is 566 g/mol. The van der Waals surface area contributed by atoms with Gasteiger partial charge in [0, 0.05) is 47.9 Å². The lowest BCUT2D eigenvalue weighted by Gasteiger charge is -2.11. The van der Waals surface area contributed by atoms with Crippen LogP contribution in [0, 0.1) is 5.82 Å². The van der Waals surface area contributed by atoms with E-state index in [2.05, 4.69) is 25.6 Å². The molecule has 0 aliphatic carbocycles. The summed E-state index contributed by atoms with van der Waals surface area (Å²) in [4.78, 5) is 37.6. The molecule has 0 radical (unpaired) electrons. The number of rotatable bonds is 9. The van der Waals surface area contributed by atoms with Crippen molar-refractivity contribution in [2.75, 3.05) is 18.4 Å². The molecule has 2 aromatic heterocycles. The summed E-state index contributed by atoms with van der Waals surface area (Å²) in [5, 5.41) is 7.78. The van der Waals surface area contributed by atoms with E-state index in [0.717, 1.165) is 16.3 Å². The first-order chi connectivity index (χ1) is 19.0. The van der Waals surface area contributed by atoms with Crippen molar-refractivity contribution >= 4 is 53.1 Å². The molecule has 212 valence electrons. The van der Waals surface area contributed by atoms with Crippen molar-refractivity contribution in [3.63, 3.8) is 0 Å². The quantitative estimate of drug-likeness (QED) is 0.178. The Bertz CT molecular complexity index is 1640. The molecule has 0 saturated heterocycles. The van der Waals surface area contributed by atoms with Gasteiger partial charge in [0.05, 0.1) is 11.9 Å². The van der Waals surface area contributed by atoms with Crippen molar-refractivity contribution < 1.29 is 14.0 Å².